The Morgan fingerprint density at radius 2 is 1.86 bits per heavy atom. The third-order valence-corrected chi connectivity index (χ3v) is 4.65. The SMILES string of the molecule is CC(C)(C)N1C[C@@H](C#N)[C@H](c2ccc(Br)cc2C(F)(F)F)C1. The third kappa shape index (κ3) is 3.47. The third-order valence-electron chi connectivity index (χ3n) is 4.15. The number of rotatable bonds is 1. The number of halogens is 4. The van der Waals surface area contributed by atoms with E-state index in [2.05, 4.69) is 26.9 Å². The average molecular weight is 375 g/mol. The first-order valence-electron chi connectivity index (χ1n) is 7.05. The fraction of sp³-hybridized carbons (Fsp3) is 0.562. The first-order valence-corrected chi connectivity index (χ1v) is 7.84. The molecule has 0 aliphatic carbocycles. The van der Waals surface area contributed by atoms with Gasteiger partial charge in [0.25, 0.3) is 0 Å². The molecular formula is C16H18BrF3N2. The minimum Gasteiger partial charge on any atom is -0.297 e. The lowest BCUT2D eigenvalue weighted by Gasteiger charge is -2.31. The summed E-state index contributed by atoms with van der Waals surface area (Å²) in [5, 5.41) is 9.36. The highest BCUT2D eigenvalue weighted by atomic mass is 79.9. The minimum absolute atomic E-state index is 0.169. The molecule has 1 fully saturated rings. The topological polar surface area (TPSA) is 27.0 Å². The highest BCUT2D eigenvalue weighted by Gasteiger charge is 2.43. The van der Waals surface area contributed by atoms with E-state index in [-0.39, 0.29) is 11.1 Å². The fourth-order valence-corrected chi connectivity index (χ4v) is 3.26. The summed E-state index contributed by atoms with van der Waals surface area (Å²) >= 11 is 3.10. The molecule has 0 aromatic heterocycles. The van der Waals surface area contributed by atoms with Gasteiger partial charge in [-0.05, 0) is 38.5 Å². The van der Waals surface area contributed by atoms with Crippen molar-refractivity contribution in [1.82, 2.24) is 4.90 Å². The summed E-state index contributed by atoms with van der Waals surface area (Å²) in [6.07, 6.45) is -4.42. The Labute approximate surface area is 137 Å². The molecule has 0 N–H and O–H groups in total. The van der Waals surface area contributed by atoms with Crippen LogP contribution in [0.15, 0.2) is 22.7 Å². The largest absolute Gasteiger partial charge is 0.416 e. The highest BCUT2D eigenvalue weighted by molar-refractivity contribution is 9.10. The van der Waals surface area contributed by atoms with Crippen LogP contribution < -0.4 is 0 Å². The van der Waals surface area contributed by atoms with Gasteiger partial charge in [-0.2, -0.15) is 18.4 Å². The van der Waals surface area contributed by atoms with Crippen molar-refractivity contribution >= 4 is 15.9 Å². The Hall–Kier alpha value is -1.06. The van der Waals surface area contributed by atoms with Crippen molar-refractivity contribution in [3.63, 3.8) is 0 Å². The summed E-state index contributed by atoms with van der Waals surface area (Å²) in [7, 11) is 0. The number of hydrogen-bond donors (Lipinski definition) is 0. The summed E-state index contributed by atoms with van der Waals surface area (Å²) in [5.41, 5.74) is -0.602. The Morgan fingerprint density at radius 1 is 1.23 bits per heavy atom. The molecule has 0 spiro atoms. The zero-order valence-corrected chi connectivity index (χ0v) is 14.3. The van der Waals surface area contributed by atoms with Crippen LogP contribution in [-0.4, -0.2) is 23.5 Å². The van der Waals surface area contributed by atoms with Gasteiger partial charge < -0.3 is 0 Å². The molecule has 1 saturated heterocycles. The Bertz CT molecular complexity index is 599. The van der Waals surface area contributed by atoms with Crippen molar-refractivity contribution in [2.75, 3.05) is 13.1 Å². The molecule has 2 rings (SSSR count). The smallest absolute Gasteiger partial charge is 0.297 e. The molecular weight excluding hydrogens is 357 g/mol. The van der Waals surface area contributed by atoms with E-state index in [1.54, 1.807) is 6.07 Å². The van der Waals surface area contributed by atoms with Gasteiger partial charge in [0.2, 0.25) is 0 Å². The minimum atomic E-state index is -4.42. The van der Waals surface area contributed by atoms with Crippen LogP contribution in [0.1, 0.15) is 37.8 Å². The van der Waals surface area contributed by atoms with Crippen molar-refractivity contribution in [2.24, 2.45) is 5.92 Å². The first kappa shape index (κ1) is 17.3. The van der Waals surface area contributed by atoms with Gasteiger partial charge >= 0.3 is 6.18 Å². The van der Waals surface area contributed by atoms with E-state index in [1.165, 1.54) is 6.07 Å². The molecule has 1 aliphatic rings. The van der Waals surface area contributed by atoms with Crippen LogP contribution in [0.4, 0.5) is 13.2 Å². The van der Waals surface area contributed by atoms with Gasteiger partial charge in [-0.25, -0.2) is 0 Å². The number of nitrogens with zero attached hydrogens (tertiary/aromatic N) is 2. The Kier molecular flexibility index (Phi) is 4.61. The van der Waals surface area contributed by atoms with Crippen molar-refractivity contribution in [1.29, 1.82) is 5.26 Å². The van der Waals surface area contributed by atoms with Crippen LogP contribution in [0.5, 0.6) is 0 Å². The molecule has 2 nitrogen and oxygen atoms in total. The van der Waals surface area contributed by atoms with Crippen LogP contribution >= 0.6 is 15.9 Å². The molecule has 0 radical (unpaired) electrons. The maximum Gasteiger partial charge on any atom is 0.416 e. The quantitative estimate of drug-likeness (QED) is 0.705. The summed E-state index contributed by atoms with van der Waals surface area (Å²) in [6.45, 7) is 6.99. The van der Waals surface area contributed by atoms with E-state index in [0.29, 0.717) is 17.6 Å². The van der Waals surface area contributed by atoms with Crippen molar-refractivity contribution < 1.29 is 13.2 Å². The summed E-state index contributed by atoms with van der Waals surface area (Å²) in [4.78, 5) is 2.08. The van der Waals surface area contributed by atoms with E-state index in [1.807, 2.05) is 20.8 Å². The second-order valence-electron chi connectivity index (χ2n) is 6.65. The van der Waals surface area contributed by atoms with Gasteiger partial charge in [-0.1, -0.05) is 22.0 Å². The molecule has 0 bridgehead atoms. The van der Waals surface area contributed by atoms with Crippen LogP contribution in [0.3, 0.4) is 0 Å². The van der Waals surface area contributed by atoms with E-state index >= 15 is 0 Å². The van der Waals surface area contributed by atoms with Gasteiger partial charge in [0.05, 0.1) is 17.6 Å². The molecule has 120 valence electrons. The molecule has 1 aromatic rings. The second-order valence-corrected chi connectivity index (χ2v) is 7.56. The first-order chi connectivity index (χ1) is 10.0. The van der Waals surface area contributed by atoms with Crippen LogP contribution in [0.25, 0.3) is 0 Å². The average Bonchev–Trinajstić information content (AvgIpc) is 2.81. The molecule has 1 heterocycles. The van der Waals surface area contributed by atoms with Gasteiger partial charge in [0.15, 0.2) is 0 Å². The predicted molar refractivity (Wildman–Crippen MR) is 82.3 cm³/mol. The molecule has 0 unspecified atom stereocenters. The predicted octanol–water partition coefficient (Wildman–Crippen LogP) is 4.81. The molecule has 0 saturated carbocycles. The van der Waals surface area contributed by atoms with Crippen LogP contribution in [0.2, 0.25) is 0 Å². The number of benzene rings is 1. The van der Waals surface area contributed by atoms with Crippen molar-refractivity contribution in [3.8, 4) is 6.07 Å². The maximum atomic E-state index is 13.3. The zero-order chi connectivity index (χ0) is 16.7. The Morgan fingerprint density at radius 3 is 2.36 bits per heavy atom. The highest BCUT2D eigenvalue weighted by Crippen LogP contribution is 2.42. The number of hydrogen-bond acceptors (Lipinski definition) is 2. The van der Waals surface area contributed by atoms with E-state index in [4.69, 9.17) is 0 Å². The molecule has 1 aliphatic heterocycles. The van der Waals surface area contributed by atoms with Crippen molar-refractivity contribution in [3.05, 3.63) is 33.8 Å². The maximum absolute atomic E-state index is 13.3. The molecule has 22 heavy (non-hydrogen) atoms. The second kappa shape index (κ2) is 5.86. The Balaban J connectivity index is 2.45. The van der Waals surface area contributed by atoms with Gasteiger partial charge in [-0.3, -0.25) is 4.90 Å². The normalized spacial score (nSPS) is 23.5. The number of alkyl halides is 3. The lowest BCUT2D eigenvalue weighted by Crippen LogP contribution is -2.39. The van der Waals surface area contributed by atoms with Crippen molar-refractivity contribution in [2.45, 2.75) is 38.4 Å². The van der Waals surface area contributed by atoms with Gasteiger partial charge in [0.1, 0.15) is 0 Å². The summed E-state index contributed by atoms with van der Waals surface area (Å²) in [6, 6.07) is 6.39. The van der Waals surface area contributed by atoms with Crippen LogP contribution in [0, 0.1) is 17.2 Å². The van der Waals surface area contributed by atoms with Gasteiger partial charge in [0, 0.05) is 29.0 Å². The lowest BCUT2D eigenvalue weighted by molar-refractivity contribution is -0.138. The van der Waals surface area contributed by atoms with E-state index in [9.17, 15) is 18.4 Å². The summed E-state index contributed by atoms with van der Waals surface area (Å²) in [5.74, 6) is -0.851. The monoisotopic (exact) mass is 374 g/mol. The molecule has 1 aromatic carbocycles. The van der Waals surface area contributed by atoms with Gasteiger partial charge in [-0.15, -0.1) is 0 Å². The number of nitriles is 1. The lowest BCUT2D eigenvalue weighted by atomic mass is 9.86. The standard InChI is InChI=1S/C16H18BrF3N2/c1-15(2,3)22-8-10(7-21)13(9-22)12-5-4-11(17)6-14(12)16(18,19)20/h4-6,10,13H,8-9H2,1-3H3/t10-,13-/m1/s1. The van der Waals surface area contributed by atoms with Crippen LogP contribution in [-0.2, 0) is 6.18 Å². The molecule has 0 amide bonds. The summed E-state index contributed by atoms with van der Waals surface area (Å²) < 4.78 is 40.4. The van der Waals surface area contributed by atoms with E-state index in [0.717, 1.165) is 6.07 Å². The fourth-order valence-electron chi connectivity index (χ4n) is 2.89. The molecule has 2 atom stereocenters. The van der Waals surface area contributed by atoms with E-state index < -0.39 is 23.6 Å². The molecule has 6 heteroatoms. The number of likely N-dealkylation sites (tertiary alicyclic amines) is 1. The zero-order valence-electron chi connectivity index (χ0n) is 12.7.